The Morgan fingerprint density at radius 1 is 0.966 bits per heavy atom. The van der Waals surface area contributed by atoms with Crippen molar-refractivity contribution in [3.05, 3.63) is 98.6 Å². The zero-order chi connectivity index (χ0) is 20.5. The molecule has 1 aromatic heterocycles. The van der Waals surface area contributed by atoms with E-state index in [0.29, 0.717) is 21.7 Å². The molecule has 0 aliphatic carbocycles. The largest absolute Gasteiger partial charge is 0.268 e. The number of benzene rings is 3. The Hall–Kier alpha value is -2.56. The summed E-state index contributed by atoms with van der Waals surface area (Å²) in [6, 6.07) is 19.6. The normalized spacial score (nSPS) is 11.2. The van der Waals surface area contributed by atoms with Gasteiger partial charge in [0.1, 0.15) is 5.82 Å². The topological polar surface area (TPSA) is 34.9 Å². The molecule has 3 aromatic carbocycles. The molecule has 0 spiro atoms. The van der Waals surface area contributed by atoms with Crippen LogP contribution in [0.4, 0.5) is 0 Å². The van der Waals surface area contributed by atoms with Gasteiger partial charge in [0, 0.05) is 9.92 Å². The summed E-state index contributed by atoms with van der Waals surface area (Å²) in [6.45, 7) is 6.20. The van der Waals surface area contributed by atoms with Crippen molar-refractivity contribution < 1.29 is 0 Å². The molecule has 0 atom stereocenters. The van der Waals surface area contributed by atoms with Gasteiger partial charge in [-0.2, -0.15) is 0 Å². The quantitative estimate of drug-likeness (QED) is 0.365. The number of aryl methyl sites for hydroxylation is 3. The fourth-order valence-corrected chi connectivity index (χ4v) is 4.73. The van der Waals surface area contributed by atoms with E-state index in [1.807, 2.05) is 37.3 Å². The molecule has 4 aromatic rings. The van der Waals surface area contributed by atoms with Gasteiger partial charge in [0.25, 0.3) is 5.56 Å². The maximum atomic E-state index is 13.4. The minimum absolute atomic E-state index is 0.0946. The SMILES string of the molecule is Cc1cc(C)cc(SCc2nc3ccc(Cl)cc3c(=O)n2-c2ccccc2C)c1. The smallest absolute Gasteiger partial charge is 0.266 e. The first-order chi connectivity index (χ1) is 13.9. The molecule has 0 fully saturated rings. The zero-order valence-electron chi connectivity index (χ0n) is 16.6. The third-order valence-electron chi connectivity index (χ3n) is 4.82. The van der Waals surface area contributed by atoms with Gasteiger partial charge >= 0.3 is 0 Å². The van der Waals surface area contributed by atoms with Gasteiger partial charge in [-0.15, -0.1) is 11.8 Å². The van der Waals surface area contributed by atoms with Crippen LogP contribution in [-0.4, -0.2) is 9.55 Å². The molecule has 0 saturated heterocycles. The van der Waals surface area contributed by atoms with E-state index < -0.39 is 0 Å². The third-order valence-corrected chi connectivity index (χ3v) is 6.03. The molecule has 4 rings (SSSR count). The van der Waals surface area contributed by atoms with Crippen LogP contribution in [-0.2, 0) is 5.75 Å². The van der Waals surface area contributed by atoms with E-state index in [2.05, 4.69) is 32.0 Å². The molecule has 0 aliphatic rings. The van der Waals surface area contributed by atoms with Gasteiger partial charge in [-0.1, -0.05) is 35.9 Å². The molecule has 0 radical (unpaired) electrons. The van der Waals surface area contributed by atoms with Crippen LogP contribution in [0.15, 0.2) is 70.4 Å². The Morgan fingerprint density at radius 2 is 1.69 bits per heavy atom. The molecule has 0 bridgehead atoms. The lowest BCUT2D eigenvalue weighted by Gasteiger charge is -2.16. The highest BCUT2D eigenvalue weighted by Gasteiger charge is 2.15. The highest BCUT2D eigenvalue weighted by Crippen LogP contribution is 2.26. The standard InChI is InChI=1S/C24H21ClN2OS/c1-15-10-16(2)12-19(11-15)29-14-23-26-21-9-8-18(25)13-20(21)24(28)27(23)22-7-5-4-6-17(22)3/h4-13H,14H2,1-3H3. The van der Waals surface area contributed by atoms with Crippen LogP contribution in [0.5, 0.6) is 0 Å². The second kappa shape index (κ2) is 8.05. The Morgan fingerprint density at radius 3 is 2.41 bits per heavy atom. The maximum Gasteiger partial charge on any atom is 0.266 e. The van der Waals surface area contributed by atoms with Crippen molar-refractivity contribution in [1.29, 1.82) is 0 Å². The molecule has 0 aliphatic heterocycles. The average Bonchev–Trinajstić information content (AvgIpc) is 2.67. The molecule has 3 nitrogen and oxygen atoms in total. The van der Waals surface area contributed by atoms with Crippen LogP contribution in [0.2, 0.25) is 5.02 Å². The van der Waals surface area contributed by atoms with E-state index >= 15 is 0 Å². The number of para-hydroxylation sites is 1. The molecule has 5 heteroatoms. The van der Waals surface area contributed by atoms with Crippen molar-refractivity contribution in [1.82, 2.24) is 9.55 Å². The van der Waals surface area contributed by atoms with Crippen LogP contribution in [0.3, 0.4) is 0 Å². The monoisotopic (exact) mass is 420 g/mol. The predicted molar refractivity (Wildman–Crippen MR) is 123 cm³/mol. The predicted octanol–water partition coefficient (Wildman–Crippen LogP) is 6.26. The lowest BCUT2D eigenvalue weighted by atomic mass is 10.2. The highest BCUT2D eigenvalue weighted by atomic mass is 35.5. The van der Waals surface area contributed by atoms with Crippen LogP contribution in [0.1, 0.15) is 22.5 Å². The van der Waals surface area contributed by atoms with Crippen molar-refractivity contribution in [3.8, 4) is 5.69 Å². The van der Waals surface area contributed by atoms with Gasteiger partial charge in [-0.05, 0) is 73.9 Å². The van der Waals surface area contributed by atoms with Crippen LogP contribution < -0.4 is 5.56 Å². The zero-order valence-corrected chi connectivity index (χ0v) is 18.1. The lowest BCUT2D eigenvalue weighted by molar-refractivity contribution is 0.877. The first kappa shape index (κ1) is 19.7. The summed E-state index contributed by atoms with van der Waals surface area (Å²) in [4.78, 5) is 19.4. The summed E-state index contributed by atoms with van der Waals surface area (Å²) in [5, 5.41) is 1.06. The van der Waals surface area contributed by atoms with Gasteiger partial charge in [-0.3, -0.25) is 9.36 Å². The van der Waals surface area contributed by atoms with E-state index in [1.165, 1.54) is 16.0 Å². The number of rotatable bonds is 4. The summed E-state index contributed by atoms with van der Waals surface area (Å²) in [5.41, 5.74) is 4.90. The maximum absolute atomic E-state index is 13.4. The Kier molecular flexibility index (Phi) is 5.48. The number of thioether (sulfide) groups is 1. The number of hydrogen-bond donors (Lipinski definition) is 0. The molecule has 0 N–H and O–H groups in total. The van der Waals surface area contributed by atoms with Crippen LogP contribution in [0.25, 0.3) is 16.6 Å². The summed E-state index contributed by atoms with van der Waals surface area (Å²) in [5.74, 6) is 1.31. The van der Waals surface area contributed by atoms with Crippen LogP contribution in [0, 0.1) is 20.8 Å². The van der Waals surface area contributed by atoms with Crippen molar-refractivity contribution in [3.63, 3.8) is 0 Å². The first-order valence-electron chi connectivity index (χ1n) is 9.40. The highest BCUT2D eigenvalue weighted by molar-refractivity contribution is 7.98. The van der Waals surface area contributed by atoms with Gasteiger partial charge in [0.15, 0.2) is 0 Å². The van der Waals surface area contributed by atoms with Crippen molar-refractivity contribution >= 4 is 34.3 Å². The molecule has 146 valence electrons. The third kappa shape index (κ3) is 4.09. The summed E-state index contributed by atoms with van der Waals surface area (Å²) >= 11 is 7.84. The second-order valence-electron chi connectivity index (χ2n) is 7.23. The van der Waals surface area contributed by atoms with Crippen molar-refractivity contribution in [2.75, 3.05) is 0 Å². The average molecular weight is 421 g/mol. The van der Waals surface area contributed by atoms with Gasteiger partial charge < -0.3 is 0 Å². The van der Waals surface area contributed by atoms with Crippen LogP contribution >= 0.6 is 23.4 Å². The fourth-order valence-electron chi connectivity index (χ4n) is 3.53. The number of fused-ring (bicyclic) bond motifs is 1. The summed E-state index contributed by atoms with van der Waals surface area (Å²) in [6.07, 6.45) is 0. The van der Waals surface area contributed by atoms with E-state index in [9.17, 15) is 4.79 Å². The second-order valence-corrected chi connectivity index (χ2v) is 8.71. The minimum Gasteiger partial charge on any atom is -0.268 e. The van der Waals surface area contributed by atoms with E-state index in [-0.39, 0.29) is 5.56 Å². The van der Waals surface area contributed by atoms with Gasteiger partial charge in [0.05, 0.1) is 22.3 Å². The molecular weight excluding hydrogens is 400 g/mol. The molecule has 1 heterocycles. The molecule has 0 unspecified atom stereocenters. The van der Waals surface area contributed by atoms with E-state index in [4.69, 9.17) is 16.6 Å². The van der Waals surface area contributed by atoms with Gasteiger partial charge in [0.2, 0.25) is 0 Å². The first-order valence-corrected chi connectivity index (χ1v) is 10.8. The number of halogens is 1. The Balaban J connectivity index is 1.87. The molecular formula is C24H21ClN2OS. The lowest BCUT2D eigenvalue weighted by Crippen LogP contribution is -2.24. The molecule has 0 saturated carbocycles. The van der Waals surface area contributed by atoms with Crippen molar-refractivity contribution in [2.45, 2.75) is 31.4 Å². The summed E-state index contributed by atoms with van der Waals surface area (Å²) < 4.78 is 1.73. The fraction of sp³-hybridized carbons (Fsp3) is 0.167. The molecule has 0 amide bonds. The number of aromatic nitrogens is 2. The Labute approximate surface area is 179 Å². The van der Waals surface area contributed by atoms with Crippen molar-refractivity contribution in [2.24, 2.45) is 0 Å². The molecule has 29 heavy (non-hydrogen) atoms. The van der Waals surface area contributed by atoms with E-state index in [0.717, 1.165) is 17.1 Å². The van der Waals surface area contributed by atoms with E-state index in [1.54, 1.807) is 28.5 Å². The number of nitrogens with zero attached hydrogens (tertiary/aromatic N) is 2. The van der Waals surface area contributed by atoms with Gasteiger partial charge in [-0.25, -0.2) is 4.98 Å². The number of hydrogen-bond acceptors (Lipinski definition) is 3. The summed E-state index contributed by atoms with van der Waals surface area (Å²) in [7, 11) is 0. The Bertz CT molecular complexity index is 1260. The minimum atomic E-state index is -0.0946.